The van der Waals surface area contributed by atoms with Crippen LogP contribution in [0.5, 0.6) is 0 Å². The summed E-state index contributed by atoms with van der Waals surface area (Å²) >= 11 is 0. The Bertz CT molecular complexity index is 891. The van der Waals surface area contributed by atoms with Crippen LogP contribution in [0.2, 0.25) is 0 Å². The summed E-state index contributed by atoms with van der Waals surface area (Å²) in [6.07, 6.45) is 0.793. The highest BCUT2D eigenvalue weighted by Gasteiger charge is 2.29. The molecular formula is C16H20FN3O3S. The smallest absolute Gasteiger partial charge is 0.227 e. The number of nitrogens with one attached hydrogen (secondary N) is 1. The Balaban J connectivity index is 1.74. The molecule has 1 aliphatic heterocycles. The first-order valence-electron chi connectivity index (χ1n) is 7.78. The van der Waals surface area contributed by atoms with Crippen LogP contribution in [0, 0.1) is 18.7 Å². The molecule has 6 nitrogen and oxygen atoms in total. The van der Waals surface area contributed by atoms with E-state index in [9.17, 15) is 17.6 Å². The number of amides is 1. The van der Waals surface area contributed by atoms with Gasteiger partial charge in [0, 0.05) is 24.2 Å². The Kier molecular flexibility index (Phi) is 4.35. The first-order chi connectivity index (χ1) is 11.2. The van der Waals surface area contributed by atoms with E-state index in [1.807, 2.05) is 6.92 Å². The monoisotopic (exact) mass is 353 g/mol. The van der Waals surface area contributed by atoms with Gasteiger partial charge in [0.1, 0.15) is 5.82 Å². The molecule has 1 aromatic heterocycles. The average molecular weight is 353 g/mol. The van der Waals surface area contributed by atoms with Gasteiger partial charge in [0.05, 0.1) is 17.7 Å². The third-order valence-electron chi connectivity index (χ3n) is 4.54. The number of halogens is 1. The van der Waals surface area contributed by atoms with Crippen molar-refractivity contribution in [2.75, 3.05) is 18.8 Å². The highest BCUT2D eigenvalue weighted by molar-refractivity contribution is 7.89. The van der Waals surface area contributed by atoms with Gasteiger partial charge in [-0.3, -0.25) is 4.79 Å². The van der Waals surface area contributed by atoms with Crippen molar-refractivity contribution in [3.63, 3.8) is 0 Å². The molecule has 1 aromatic carbocycles. The van der Waals surface area contributed by atoms with Crippen LogP contribution in [-0.2, 0) is 21.2 Å². The van der Waals surface area contributed by atoms with Gasteiger partial charge in [0.25, 0.3) is 0 Å². The lowest BCUT2D eigenvalue weighted by molar-refractivity contribution is -0.129. The zero-order chi connectivity index (χ0) is 17.5. The highest BCUT2D eigenvalue weighted by atomic mass is 32.2. The van der Waals surface area contributed by atoms with Crippen molar-refractivity contribution in [3.8, 4) is 0 Å². The van der Waals surface area contributed by atoms with Crippen molar-refractivity contribution >= 4 is 26.8 Å². The minimum atomic E-state index is -3.53. The number of H-pyrrole nitrogens is 1. The van der Waals surface area contributed by atoms with Crippen LogP contribution in [0.25, 0.3) is 10.9 Å². The normalized spacial score (nSPS) is 18.5. The summed E-state index contributed by atoms with van der Waals surface area (Å²) in [5, 5.41) is 5.78. The Morgan fingerprint density at radius 2 is 2.21 bits per heavy atom. The number of aromatic nitrogens is 1. The van der Waals surface area contributed by atoms with Gasteiger partial charge < -0.3 is 9.88 Å². The molecule has 1 fully saturated rings. The number of carbonyl (C=O) groups excluding carboxylic acids is 1. The second-order valence-electron chi connectivity index (χ2n) is 6.39. The Morgan fingerprint density at radius 1 is 1.46 bits per heavy atom. The van der Waals surface area contributed by atoms with Crippen molar-refractivity contribution in [3.05, 3.63) is 35.3 Å². The number of rotatable bonds is 4. The van der Waals surface area contributed by atoms with E-state index in [4.69, 9.17) is 5.14 Å². The number of nitrogens with zero attached hydrogens (tertiary/aromatic N) is 1. The zero-order valence-electron chi connectivity index (χ0n) is 13.4. The van der Waals surface area contributed by atoms with Crippen molar-refractivity contribution in [1.29, 1.82) is 0 Å². The van der Waals surface area contributed by atoms with Crippen molar-refractivity contribution < 1.29 is 17.6 Å². The average Bonchev–Trinajstić information content (AvgIpc) is 3.04. The molecule has 0 bridgehead atoms. The SMILES string of the molecule is Cc1[nH]c2c(F)cccc2c1CC(=O)N1CC[C@H](CS(N)(=O)=O)C1. The maximum absolute atomic E-state index is 13.8. The molecule has 1 saturated heterocycles. The number of benzene rings is 1. The van der Waals surface area contributed by atoms with Gasteiger partial charge in [-0.25, -0.2) is 17.9 Å². The third kappa shape index (κ3) is 3.44. The van der Waals surface area contributed by atoms with Crippen molar-refractivity contribution in [2.24, 2.45) is 11.1 Å². The summed E-state index contributed by atoms with van der Waals surface area (Å²) in [4.78, 5) is 17.2. The largest absolute Gasteiger partial charge is 0.356 e. The summed E-state index contributed by atoms with van der Waals surface area (Å²) in [5.41, 5.74) is 1.96. The van der Waals surface area contributed by atoms with Crippen LogP contribution in [0.3, 0.4) is 0 Å². The van der Waals surface area contributed by atoms with E-state index in [1.165, 1.54) is 6.07 Å². The quantitative estimate of drug-likeness (QED) is 0.867. The summed E-state index contributed by atoms with van der Waals surface area (Å²) in [6, 6.07) is 4.79. The number of likely N-dealkylation sites (tertiary alicyclic amines) is 1. The van der Waals surface area contributed by atoms with E-state index >= 15 is 0 Å². The van der Waals surface area contributed by atoms with Crippen LogP contribution >= 0.6 is 0 Å². The Labute approximate surface area is 139 Å². The van der Waals surface area contributed by atoms with Gasteiger partial charge in [-0.1, -0.05) is 12.1 Å². The number of primary sulfonamides is 1. The number of sulfonamides is 1. The highest BCUT2D eigenvalue weighted by Crippen LogP contribution is 2.26. The van der Waals surface area contributed by atoms with Gasteiger partial charge in [-0.05, 0) is 30.9 Å². The van der Waals surface area contributed by atoms with Crippen molar-refractivity contribution in [2.45, 2.75) is 19.8 Å². The first-order valence-corrected chi connectivity index (χ1v) is 9.50. The maximum Gasteiger partial charge on any atom is 0.227 e. The van der Waals surface area contributed by atoms with E-state index < -0.39 is 10.0 Å². The van der Waals surface area contributed by atoms with Gasteiger partial charge in [-0.2, -0.15) is 0 Å². The van der Waals surface area contributed by atoms with Gasteiger partial charge in [-0.15, -0.1) is 0 Å². The lowest BCUT2D eigenvalue weighted by atomic mass is 10.1. The van der Waals surface area contributed by atoms with E-state index in [-0.39, 0.29) is 29.8 Å². The molecule has 0 spiro atoms. The fraction of sp³-hybridized carbons (Fsp3) is 0.438. The standard InChI is InChI=1S/C16H20FN3O3S/c1-10-13(12-3-2-4-14(17)16(12)19-10)7-15(21)20-6-5-11(8-20)9-24(18,22)23/h2-4,11,19H,5-9H2,1H3,(H2,18,22,23)/t11-/m0/s1. The summed E-state index contributed by atoms with van der Waals surface area (Å²) in [5.74, 6) is -0.650. The maximum atomic E-state index is 13.8. The van der Waals surface area contributed by atoms with Crippen LogP contribution in [0.4, 0.5) is 4.39 Å². The zero-order valence-corrected chi connectivity index (χ0v) is 14.2. The van der Waals surface area contributed by atoms with Crippen LogP contribution < -0.4 is 5.14 Å². The van der Waals surface area contributed by atoms with E-state index in [0.717, 1.165) is 11.3 Å². The van der Waals surface area contributed by atoms with E-state index in [0.29, 0.717) is 30.4 Å². The Hall–Kier alpha value is -1.93. The summed E-state index contributed by atoms with van der Waals surface area (Å²) in [6.45, 7) is 2.73. The molecule has 24 heavy (non-hydrogen) atoms. The van der Waals surface area contributed by atoms with E-state index in [1.54, 1.807) is 17.0 Å². The van der Waals surface area contributed by atoms with Gasteiger partial charge in [0.15, 0.2) is 0 Å². The van der Waals surface area contributed by atoms with Crippen LogP contribution in [0.1, 0.15) is 17.7 Å². The third-order valence-corrected chi connectivity index (χ3v) is 5.47. The number of hydrogen-bond donors (Lipinski definition) is 2. The molecule has 0 radical (unpaired) electrons. The molecule has 1 aliphatic rings. The second kappa shape index (κ2) is 6.18. The fourth-order valence-corrected chi connectivity index (χ4v) is 4.31. The lowest BCUT2D eigenvalue weighted by Crippen LogP contribution is -2.32. The Morgan fingerprint density at radius 3 is 2.92 bits per heavy atom. The molecule has 1 atom stereocenters. The molecule has 2 aromatic rings. The number of para-hydroxylation sites is 1. The molecule has 8 heteroatoms. The summed E-state index contributed by atoms with van der Waals surface area (Å²) in [7, 11) is -3.53. The minimum Gasteiger partial charge on any atom is -0.356 e. The number of aromatic amines is 1. The molecule has 0 aliphatic carbocycles. The predicted molar refractivity (Wildman–Crippen MR) is 89.4 cm³/mol. The molecule has 130 valence electrons. The number of aryl methyl sites for hydroxylation is 1. The van der Waals surface area contributed by atoms with Crippen LogP contribution in [-0.4, -0.2) is 43.1 Å². The molecule has 3 N–H and O–H groups in total. The first kappa shape index (κ1) is 16.9. The number of hydrogen-bond acceptors (Lipinski definition) is 3. The molecular weight excluding hydrogens is 333 g/mol. The summed E-state index contributed by atoms with van der Waals surface area (Å²) < 4.78 is 36.2. The number of carbonyl (C=O) groups is 1. The minimum absolute atomic E-state index is 0.0832. The van der Waals surface area contributed by atoms with Crippen molar-refractivity contribution in [1.82, 2.24) is 9.88 Å². The fourth-order valence-electron chi connectivity index (χ4n) is 3.38. The number of nitrogens with two attached hydrogens (primary N) is 1. The lowest BCUT2D eigenvalue weighted by Gasteiger charge is -2.16. The second-order valence-corrected chi connectivity index (χ2v) is 8.05. The topological polar surface area (TPSA) is 96.3 Å². The molecule has 1 amide bonds. The molecule has 3 rings (SSSR count). The van der Waals surface area contributed by atoms with Gasteiger partial charge in [0.2, 0.25) is 15.9 Å². The van der Waals surface area contributed by atoms with Gasteiger partial charge >= 0.3 is 0 Å². The van der Waals surface area contributed by atoms with Crippen LogP contribution in [0.15, 0.2) is 18.2 Å². The number of fused-ring (bicyclic) bond motifs is 1. The molecule has 2 heterocycles. The molecule has 0 saturated carbocycles. The molecule has 0 unspecified atom stereocenters. The van der Waals surface area contributed by atoms with E-state index in [2.05, 4.69) is 4.98 Å². The predicted octanol–water partition coefficient (Wildman–Crippen LogP) is 1.29.